The number of aliphatic hydroxyl groups excluding tert-OH is 1. The van der Waals surface area contributed by atoms with E-state index in [4.69, 9.17) is 0 Å². The number of hydrogen-bond donors (Lipinski definition) is 4. The number of H-pyrrole nitrogens is 1. The molecule has 1 saturated heterocycles. The summed E-state index contributed by atoms with van der Waals surface area (Å²) in [6.07, 6.45) is -0.868. The van der Waals surface area contributed by atoms with Crippen LogP contribution in [0.25, 0.3) is 0 Å². The first-order valence-electron chi connectivity index (χ1n) is 8.92. The number of aliphatic hydroxyl groups is 1. The first-order chi connectivity index (χ1) is 13.6. The van der Waals surface area contributed by atoms with Crippen molar-refractivity contribution in [3.63, 3.8) is 0 Å². The molecule has 0 aliphatic carbocycles. The molecular formula is C19H21FN4O5. The van der Waals surface area contributed by atoms with Gasteiger partial charge in [0, 0.05) is 26.6 Å². The van der Waals surface area contributed by atoms with E-state index in [-0.39, 0.29) is 25.3 Å². The molecule has 1 aromatic heterocycles. The number of amides is 1. The van der Waals surface area contributed by atoms with Gasteiger partial charge in [-0.2, -0.15) is 0 Å². The van der Waals surface area contributed by atoms with Crippen molar-refractivity contribution in [2.24, 2.45) is 0 Å². The third-order valence-corrected chi connectivity index (χ3v) is 4.96. The predicted octanol–water partition coefficient (Wildman–Crippen LogP) is 0.0253. The number of benzene rings is 1. The Morgan fingerprint density at radius 3 is 2.55 bits per heavy atom. The van der Waals surface area contributed by atoms with Crippen LogP contribution in [0.5, 0.6) is 5.75 Å². The molecule has 0 radical (unpaired) electrons. The molecule has 4 N–H and O–H groups in total. The number of carbonyl (C=O) groups is 2. The number of halogens is 1. The van der Waals surface area contributed by atoms with Gasteiger partial charge in [0.1, 0.15) is 17.2 Å². The van der Waals surface area contributed by atoms with Crippen LogP contribution >= 0.6 is 0 Å². The molecule has 0 spiro atoms. The summed E-state index contributed by atoms with van der Waals surface area (Å²) in [6.45, 7) is 1.47. The monoisotopic (exact) mass is 404 g/mol. The van der Waals surface area contributed by atoms with Crippen LogP contribution in [-0.4, -0.2) is 56.5 Å². The number of Topliss-reactive ketones (excluding diaryl/α,β-unsaturated/α-hetero) is 1. The molecule has 0 bridgehead atoms. The molecule has 9 nitrogen and oxygen atoms in total. The summed E-state index contributed by atoms with van der Waals surface area (Å²) in [7, 11) is 1.44. The molecule has 2 aromatic rings. The van der Waals surface area contributed by atoms with Crippen LogP contribution in [0.15, 0.2) is 29.1 Å². The topological polar surface area (TPSA) is 136 Å². The number of nitrogens with zero attached hydrogens (tertiary/aromatic N) is 2. The van der Waals surface area contributed by atoms with E-state index in [1.54, 1.807) is 0 Å². The fraction of sp³-hybridized carbons (Fsp3) is 0.368. The van der Waals surface area contributed by atoms with E-state index in [0.717, 1.165) is 0 Å². The van der Waals surface area contributed by atoms with Crippen molar-refractivity contribution in [1.82, 2.24) is 20.2 Å². The Morgan fingerprint density at radius 1 is 1.34 bits per heavy atom. The third-order valence-electron chi connectivity index (χ3n) is 4.96. The van der Waals surface area contributed by atoms with E-state index in [2.05, 4.69) is 15.3 Å². The number of β-amino-alcohol motifs (C(OH)–C–C–N with tert-alkyl or cyclic N) is 1. The molecule has 1 aliphatic heterocycles. The highest BCUT2D eigenvalue weighted by Crippen LogP contribution is 2.30. The van der Waals surface area contributed by atoms with E-state index in [1.165, 1.54) is 43.1 Å². The summed E-state index contributed by atoms with van der Waals surface area (Å²) < 4.78 is 13.1. The molecule has 1 aliphatic rings. The number of ketones is 1. The minimum atomic E-state index is -1.46. The smallest absolute Gasteiger partial charge is 0.294 e. The molecule has 2 heterocycles. The SMILES string of the molecule is CC(=O)[C@@]1(c2nc(C(=O)N(C)Cc3ccc(F)cc3)c(O)c(=O)[nH]2)C[C@@H](O)CN1. The van der Waals surface area contributed by atoms with Crippen LogP contribution in [0.4, 0.5) is 4.39 Å². The maximum Gasteiger partial charge on any atom is 0.294 e. The van der Waals surface area contributed by atoms with E-state index in [0.29, 0.717) is 5.56 Å². The predicted molar refractivity (Wildman–Crippen MR) is 99.7 cm³/mol. The fourth-order valence-corrected chi connectivity index (χ4v) is 3.34. The van der Waals surface area contributed by atoms with Gasteiger partial charge in [0.05, 0.1) is 6.10 Å². The van der Waals surface area contributed by atoms with Crippen LogP contribution in [0.3, 0.4) is 0 Å². The normalized spacial score (nSPS) is 21.2. The van der Waals surface area contributed by atoms with Crippen LogP contribution in [0.1, 0.15) is 35.2 Å². The van der Waals surface area contributed by atoms with Crippen LogP contribution in [0, 0.1) is 5.82 Å². The van der Waals surface area contributed by atoms with Gasteiger partial charge in [0.2, 0.25) is 5.75 Å². The summed E-state index contributed by atoms with van der Waals surface area (Å²) in [5.41, 5.74) is -2.32. The summed E-state index contributed by atoms with van der Waals surface area (Å²) in [6, 6.07) is 5.51. The first-order valence-corrected chi connectivity index (χ1v) is 8.92. The van der Waals surface area contributed by atoms with Crippen molar-refractivity contribution in [1.29, 1.82) is 0 Å². The van der Waals surface area contributed by atoms with Crippen LogP contribution < -0.4 is 10.9 Å². The molecular weight excluding hydrogens is 383 g/mol. The minimum absolute atomic E-state index is 0.0326. The second-order valence-corrected chi connectivity index (χ2v) is 7.10. The molecule has 29 heavy (non-hydrogen) atoms. The highest BCUT2D eigenvalue weighted by molar-refractivity contribution is 5.95. The number of nitrogens with one attached hydrogen (secondary N) is 2. The fourth-order valence-electron chi connectivity index (χ4n) is 3.34. The van der Waals surface area contributed by atoms with Gasteiger partial charge < -0.3 is 20.1 Å². The molecule has 0 saturated carbocycles. The van der Waals surface area contributed by atoms with Gasteiger partial charge in [-0.3, -0.25) is 19.7 Å². The van der Waals surface area contributed by atoms with Gasteiger partial charge in [0.25, 0.3) is 11.5 Å². The quantitative estimate of drug-likeness (QED) is 0.552. The van der Waals surface area contributed by atoms with Gasteiger partial charge in [-0.1, -0.05) is 12.1 Å². The second-order valence-electron chi connectivity index (χ2n) is 7.10. The third kappa shape index (κ3) is 3.89. The average Bonchev–Trinajstić information content (AvgIpc) is 3.08. The van der Waals surface area contributed by atoms with Crippen LogP contribution in [0.2, 0.25) is 0 Å². The maximum absolute atomic E-state index is 13.1. The summed E-state index contributed by atoms with van der Waals surface area (Å²) in [4.78, 5) is 44.9. The minimum Gasteiger partial charge on any atom is -0.501 e. The molecule has 1 amide bonds. The van der Waals surface area contributed by atoms with E-state index < -0.39 is 46.2 Å². The Hall–Kier alpha value is -3.11. The zero-order valence-electron chi connectivity index (χ0n) is 15.9. The Morgan fingerprint density at radius 2 is 2.00 bits per heavy atom. The van der Waals surface area contributed by atoms with E-state index in [9.17, 15) is 29.0 Å². The lowest BCUT2D eigenvalue weighted by Crippen LogP contribution is -2.46. The van der Waals surface area contributed by atoms with Crippen molar-refractivity contribution in [2.45, 2.75) is 31.5 Å². The van der Waals surface area contributed by atoms with E-state index in [1.807, 2.05) is 0 Å². The Balaban J connectivity index is 1.96. The molecule has 154 valence electrons. The lowest BCUT2D eigenvalue weighted by atomic mass is 9.91. The van der Waals surface area contributed by atoms with Crippen molar-refractivity contribution >= 4 is 11.7 Å². The Bertz CT molecular complexity index is 1010. The molecule has 1 aromatic carbocycles. The lowest BCUT2D eigenvalue weighted by Gasteiger charge is -2.26. The molecule has 0 unspecified atom stereocenters. The van der Waals surface area contributed by atoms with Crippen molar-refractivity contribution < 1.29 is 24.2 Å². The Kier molecular flexibility index (Phi) is 5.49. The van der Waals surface area contributed by atoms with E-state index >= 15 is 0 Å². The van der Waals surface area contributed by atoms with Gasteiger partial charge in [-0.25, -0.2) is 9.37 Å². The summed E-state index contributed by atoms with van der Waals surface area (Å²) in [5.74, 6) is -2.59. The standard InChI is InChI=1S/C19H21FN4O5/c1-10(25)19(7-13(26)8-21-19)18-22-14(15(27)16(28)23-18)17(29)24(2)9-11-3-5-12(20)6-4-11/h3-6,13,21,26-27H,7-9H2,1-2H3,(H,22,23,28)/t13-,19-/m1/s1. The van der Waals surface area contributed by atoms with Crippen molar-refractivity contribution in [3.8, 4) is 5.75 Å². The highest BCUT2D eigenvalue weighted by atomic mass is 19.1. The Labute approximate surface area is 165 Å². The molecule has 10 heteroatoms. The van der Waals surface area contributed by atoms with Gasteiger partial charge >= 0.3 is 0 Å². The number of carbonyl (C=O) groups excluding carboxylic acids is 2. The zero-order valence-corrected chi connectivity index (χ0v) is 15.9. The number of aromatic nitrogens is 2. The van der Waals surface area contributed by atoms with Gasteiger partial charge in [-0.15, -0.1) is 0 Å². The summed E-state index contributed by atoms with van der Waals surface area (Å²) in [5, 5.41) is 22.8. The molecule has 1 fully saturated rings. The lowest BCUT2D eigenvalue weighted by molar-refractivity contribution is -0.123. The number of rotatable bonds is 5. The average molecular weight is 404 g/mol. The molecule has 2 atom stereocenters. The van der Waals surface area contributed by atoms with Crippen molar-refractivity contribution in [2.75, 3.05) is 13.6 Å². The highest BCUT2D eigenvalue weighted by Gasteiger charge is 2.46. The number of aromatic hydroxyl groups is 1. The summed E-state index contributed by atoms with van der Waals surface area (Å²) >= 11 is 0. The first kappa shape index (κ1) is 20.6. The number of hydrogen-bond acceptors (Lipinski definition) is 7. The maximum atomic E-state index is 13.1. The van der Waals surface area contributed by atoms with Gasteiger partial charge in [-0.05, 0) is 24.6 Å². The van der Waals surface area contributed by atoms with Gasteiger partial charge in [0.15, 0.2) is 11.5 Å². The zero-order chi connectivity index (χ0) is 21.3. The number of aromatic amines is 1. The second kappa shape index (κ2) is 7.72. The largest absolute Gasteiger partial charge is 0.501 e. The van der Waals surface area contributed by atoms with Crippen molar-refractivity contribution in [3.05, 3.63) is 57.5 Å². The van der Waals surface area contributed by atoms with Crippen LogP contribution in [-0.2, 0) is 16.9 Å². The molecule has 3 rings (SSSR count).